The minimum absolute atomic E-state index is 0.0550. The van der Waals surface area contributed by atoms with Gasteiger partial charge in [0.1, 0.15) is 12.4 Å². The molecular formula is C11H17N5O3. The maximum atomic E-state index is 11.7. The predicted octanol–water partition coefficient (Wildman–Crippen LogP) is 1.06. The first-order valence-electron chi connectivity index (χ1n) is 6.06. The van der Waals surface area contributed by atoms with E-state index in [1.54, 1.807) is 4.90 Å². The van der Waals surface area contributed by atoms with Gasteiger partial charge in [-0.2, -0.15) is 0 Å². The lowest BCUT2D eigenvalue weighted by atomic mass is 10.3. The molecule has 0 bridgehead atoms. The van der Waals surface area contributed by atoms with Gasteiger partial charge in [-0.3, -0.25) is 14.9 Å². The highest BCUT2D eigenvalue weighted by Crippen LogP contribution is 2.08. The van der Waals surface area contributed by atoms with Crippen molar-refractivity contribution in [3.8, 4) is 0 Å². The molecule has 0 aliphatic carbocycles. The fraction of sp³-hybridized carbons (Fsp3) is 0.545. The molecule has 19 heavy (non-hydrogen) atoms. The number of carbonyl (C=O) groups is 1. The molecule has 0 fully saturated rings. The lowest BCUT2D eigenvalue weighted by Gasteiger charge is -2.18. The second kappa shape index (κ2) is 7.24. The largest absolute Gasteiger partial charge is 0.354 e. The molecule has 0 aliphatic heterocycles. The van der Waals surface area contributed by atoms with Gasteiger partial charge in [0, 0.05) is 26.1 Å². The van der Waals surface area contributed by atoms with Crippen LogP contribution in [0.3, 0.4) is 0 Å². The van der Waals surface area contributed by atoms with Crippen molar-refractivity contribution in [2.24, 2.45) is 0 Å². The molecule has 0 aliphatic rings. The molecule has 8 nitrogen and oxygen atoms in total. The monoisotopic (exact) mass is 267 g/mol. The molecule has 0 spiro atoms. The second-order valence-corrected chi connectivity index (χ2v) is 3.76. The van der Waals surface area contributed by atoms with Crippen LogP contribution >= 0.6 is 0 Å². The first kappa shape index (κ1) is 14.8. The minimum Gasteiger partial charge on any atom is -0.354 e. The van der Waals surface area contributed by atoms with Crippen molar-refractivity contribution in [2.45, 2.75) is 20.3 Å². The van der Waals surface area contributed by atoms with Crippen LogP contribution in [-0.4, -0.2) is 45.3 Å². The summed E-state index contributed by atoms with van der Waals surface area (Å²) in [6, 6.07) is 0. The lowest BCUT2D eigenvalue weighted by molar-refractivity contribution is -0.385. The number of nitrogens with zero attached hydrogens (tertiary/aromatic N) is 4. The molecule has 104 valence electrons. The quantitative estimate of drug-likeness (QED) is 0.585. The molecule has 1 amide bonds. The van der Waals surface area contributed by atoms with Crippen LogP contribution in [-0.2, 0) is 4.79 Å². The third-order valence-electron chi connectivity index (χ3n) is 2.59. The van der Waals surface area contributed by atoms with E-state index in [1.807, 2.05) is 13.8 Å². The molecule has 0 atom stereocenters. The molecule has 1 aromatic rings. The predicted molar refractivity (Wildman–Crippen MR) is 69.7 cm³/mol. The van der Waals surface area contributed by atoms with E-state index in [1.165, 1.54) is 0 Å². The van der Waals surface area contributed by atoms with E-state index in [2.05, 4.69) is 15.3 Å². The van der Waals surface area contributed by atoms with E-state index < -0.39 is 4.92 Å². The zero-order valence-electron chi connectivity index (χ0n) is 11.0. The van der Waals surface area contributed by atoms with Crippen molar-refractivity contribution in [2.75, 3.05) is 25.0 Å². The fourth-order valence-electron chi connectivity index (χ4n) is 1.52. The maximum absolute atomic E-state index is 11.7. The van der Waals surface area contributed by atoms with Gasteiger partial charge in [-0.1, -0.05) is 0 Å². The first-order valence-corrected chi connectivity index (χ1v) is 6.06. The molecule has 0 radical (unpaired) electrons. The molecular weight excluding hydrogens is 250 g/mol. The summed E-state index contributed by atoms with van der Waals surface area (Å²) in [6.45, 7) is 5.61. The summed E-state index contributed by atoms with van der Waals surface area (Å²) in [4.78, 5) is 30.9. The van der Waals surface area contributed by atoms with E-state index >= 15 is 0 Å². The van der Waals surface area contributed by atoms with E-state index in [0.29, 0.717) is 26.1 Å². The Kier molecular flexibility index (Phi) is 5.65. The number of carbonyl (C=O) groups excluding carboxylic acids is 1. The molecule has 0 saturated heterocycles. The van der Waals surface area contributed by atoms with Crippen molar-refractivity contribution < 1.29 is 9.72 Å². The summed E-state index contributed by atoms with van der Waals surface area (Å²) in [7, 11) is 0. The van der Waals surface area contributed by atoms with Crippen LogP contribution in [0.2, 0.25) is 0 Å². The summed E-state index contributed by atoms with van der Waals surface area (Å²) in [5.74, 6) is 0.331. The number of nitrogens with one attached hydrogen (secondary N) is 1. The third kappa shape index (κ3) is 4.49. The Balaban J connectivity index is 2.41. The fourth-order valence-corrected chi connectivity index (χ4v) is 1.52. The number of nitro groups is 1. The normalized spacial score (nSPS) is 10.0. The van der Waals surface area contributed by atoms with Crippen LogP contribution in [0.5, 0.6) is 0 Å². The van der Waals surface area contributed by atoms with E-state index in [4.69, 9.17) is 0 Å². The van der Waals surface area contributed by atoms with Gasteiger partial charge in [-0.05, 0) is 13.8 Å². The Bertz CT molecular complexity index is 430. The molecule has 1 heterocycles. The van der Waals surface area contributed by atoms with Gasteiger partial charge in [0.15, 0.2) is 0 Å². The Labute approximate surface area is 111 Å². The Morgan fingerprint density at radius 1 is 1.37 bits per heavy atom. The van der Waals surface area contributed by atoms with Gasteiger partial charge in [-0.25, -0.2) is 9.97 Å². The average molecular weight is 267 g/mol. The van der Waals surface area contributed by atoms with Gasteiger partial charge in [-0.15, -0.1) is 0 Å². The number of amides is 1. The highest BCUT2D eigenvalue weighted by Gasteiger charge is 2.10. The summed E-state index contributed by atoms with van der Waals surface area (Å²) in [6.07, 6.45) is 2.59. The Morgan fingerprint density at radius 3 is 2.42 bits per heavy atom. The highest BCUT2D eigenvalue weighted by atomic mass is 16.6. The SMILES string of the molecule is CCN(CC)C(=O)CCNc1ncc([N+](=O)[O-])cn1. The third-order valence-corrected chi connectivity index (χ3v) is 2.59. The topological polar surface area (TPSA) is 101 Å². The zero-order chi connectivity index (χ0) is 14.3. The van der Waals surface area contributed by atoms with Crippen molar-refractivity contribution in [3.05, 3.63) is 22.5 Å². The second-order valence-electron chi connectivity index (χ2n) is 3.76. The molecule has 0 saturated carbocycles. The molecule has 8 heteroatoms. The minimum atomic E-state index is -0.562. The summed E-state index contributed by atoms with van der Waals surface area (Å²) in [5.41, 5.74) is -0.162. The zero-order valence-corrected chi connectivity index (χ0v) is 11.0. The molecule has 1 rings (SSSR count). The van der Waals surface area contributed by atoms with Crippen LogP contribution in [0, 0.1) is 10.1 Å². The van der Waals surface area contributed by atoms with E-state index in [0.717, 1.165) is 12.4 Å². The number of hydrogen-bond acceptors (Lipinski definition) is 6. The summed E-state index contributed by atoms with van der Waals surface area (Å²) in [5, 5.41) is 13.3. The first-order chi connectivity index (χ1) is 9.08. The molecule has 1 N–H and O–H groups in total. The average Bonchev–Trinajstić information content (AvgIpc) is 2.40. The number of hydrogen-bond donors (Lipinski definition) is 1. The van der Waals surface area contributed by atoms with Crippen molar-refractivity contribution >= 4 is 17.5 Å². The molecule has 1 aromatic heterocycles. The lowest BCUT2D eigenvalue weighted by Crippen LogP contribution is -2.31. The smallest absolute Gasteiger partial charge is 0.305 e. The Morgan fingerprint density at radius 2 is 1.95 bits per heavy atom. The van der Waals surface area contributed by atoms with Gasteiger partial charge < -0.3 is 10.2 Å². The highest BCUT2D eigenvalue weighted by molar-refractivity contribution is 5.76. The number of aromatic nitrogens is 2. The van der Waals surface area contributed by atoms with E-state index in [-0.39, 0.29) is 17.5 Å². The van der Waals surface area contributed by atoms with Crippen molar-refractivity contribution in [1.29, 1.82) is 0 Å². The molecule has 0 aromatic carbocycles. The van der Waals surface area contributed by atoms with E-state index in [9.17, 15) is 14.9 Å². The summed E-state index contributed by atoms with van der Waals surface area (Å²) >= 11 is 0. The molecule has 0 unspecified atom stereocenters. The van der Waals surface area contributed by atoms with Gasteiger partial charge in [0.05, 0.1) is 4.92 Å². The van der Waals surface area contributed by atoms with Gasteiger partial charge in [0.25, 0.3) is 0 Å². The summed E-state index contributed by atoms with van der Waals surface area (Å²) < 4.78 is 0. The van der Waals surface area contributed by atoms with Crippen LogP contribution in [0.15, 0.2) is 12.4 Å². The maximum Gasteiger partial charge on any atom is 0.305 e. The standard InChI is InChI=1S/C11H17N5O3/c1-3-15(4-2)10(17)5-6-12-11-13-7-9(8-14-11)16(18)19/h7-8H,3-6H2,1-2H3,(H,12,13,14). The van der Waals surface area contributed by atoms with Crippen molar-refractivity contribution in [3.63, 3.8) is 0 Å². The Hall–Kier alpha value is -2.25. The number of anilines is 1. The van der Waals surface area contributed by atoms with Gasteiger partial charge >= 0.3 is 5.69 Å². The number of rotatable bonds is 7. The van der Waals surface area contributed by atoms with Crippen LogP contribution in [0.4, 0.5) is 11.6 Å². The van der Waals surface area contributed by atoms with Crippen LogP contribution in [0.25, 0.3) is 0 Å². The van der Waals surface area contributed by atoms with Crippen molar-refractivity contribution in [1.82, 2.24) is 14.9 Å². The van der Waals surface area contributed by atoms with Gasteiger partial charge in [0.2, 0.25) is 11.9 Å². The van der Waals surface area contributed by atoms with Crippen LogP contribution in [0.1, 0.15) is 20.3 Å². The van der Waals surface area contributed by atoms with Crippen LogP contribution < -0.4 is 5.32 Å².